The Bertz CT molecular complexity index is 2760. The van der Waals surface area contributed by atoms with Crippen molar-refractivity contribution in [2.75, 3.05) is 49.9 Å². The molecule has 0 amide bonds. The molecular weight excluding hydrogens is 883 g/mol. The van der Waals surface area contributed by atoms with Crippen LogP contribution in [0.15, 0.2) is 146 Å². The molecule has 2 fully saturated rings. The molecule has 360 valence electrons. The minimum Gasteiger partial charge on any atom is -0.429 e. The summed E-state index contributed by atoms with van der Waals surface area (Å²) in [7, 11) is 0. The maximum atomic E-state index is 13.6. The highest BCUT2D eigenvalue weighted by atomic mass is 19.1. The van der Waals surface area contributed by atoms with Crippen molar-refractivity contribution in [1.29, 1.82) is 0 Å². The number of halogens is 2. The maximum absolute atomic E-state index is 13.6. The number of para-hydroxylation sites is 4. The number of carbonyl (C=O) groups excluding carboxylic acids is 1. The van der Waals surface area contributed by atoms with Crippen LogP contribution in [0.2, 0.25) is 0 Å². The van der Waals surface area contributed by atoms with Crippen molar-refractivity contribution in [2.45, 2.75) is 76.9 Å². The van der Waals surface area contributed by atoms with E-state index >= 15 is 0 Å². The summed E-state index contributed by atoms with van der Waals surface area (Å²) in [5.74, 6) is 1.25. The van der Waals surface area contributed by atoms with Crippen LogP contribution in [0.5, 0.6) is 0 Å². The highest BCUT2D eigenvalue weighted by molar-refractivity contribution is 5.79. The molecular formula is C57H60F2N8O3. The van der Waals surface area contributed by atoms with E-state index in [1.165, 1.54) is 35.4 Å². The molecule has 6 aromatic carbocycles. The van der Waals surface area contributed by atoms with Crippen molar-refractivity contribution in [1.82, 2.24) is 28.9 Å². The van der Waals surface area contributed by atoms with Gasteiger partial charge in [0, 0.05) is 51.4 Å². The van der Waals surface area contributed by atoms with Crippen LogP contribution in [-0.2, 0) is 48.6 Å². The summed E-state index contributed by atoms with van der Waals surface area (Å²) in [6.07, 6.45) is 5.30. The van der Waals surface area contributed by atoms with E-state index in [0.29, 0.717) is 25.2 Å². The number of piperidine rings is 2. The molecule has 11 nitrogen and oxygen atoms in total. The molecule has 4 heterocycles. The molecule has 2 saturated heterocycles. The molecule has 2 aromatic heterocycles. The molecule has 0 spiro atoms. The summed E-state index contributed by atoms with van der Waals surface area (Å²) in [6.45, 7) is 7.52. The first-order chi connectivity index (χ1) is 34.3. The van der Waals surface area contributed by atoms with Crippen LogP contribution in [0, 0.1) is 11.6 Å². The molecule has 2 aliphatic rings. The molecule has 0 atom stereocenters. The molecule has 0 unspecified atom stereocenters. The summed E-state index contributed by atoms with van der Waals surface area (Å²) in [6, 6.07) is 46.9. The van der Waals surface area contributed by atoms with Crippen LogP contribution < -0.4 is 10.6 Å². The van der Waals surface area contributed by atoms with E-state index in [1.54, 1.807) is 0 Å². The number of aromatic nitrogens is 4. The second kappa shape index (κ2) is 22.1. The fourth-order valence-corrected chi connectivity index (χ4v) is 9.71. The average Bonchev–Trinajstić information content (AvgIpc) is 3.92. The van der Waals surface area contributed by atoms with Crippen LogP contribution in [0.1, 0.15) is 59.1 Å². The summed E-state index contributed by atoms with van der Waals surface area (Å²) >= 11 is 0. The Hall–Kier alpha value is -7.09. The molecule has 70 heavy (non-hydrogen) atoms. The van der Waals surface area contributed by atoms with Gasteiger partial charge in [-0.25, -0.2) is 23.5 Å². The normalized spacial score (nSPS) is 15.1. The van der Waals surface area contributed by atoms with Crippen molar-refractivity contribution in [3.8, 4) is 0 Å². The monoisotopic (exact) mass is 942 g/mol. The van der Waals surface area contributed by atoms with Gasteiger partial charge < -0.3 is 39.0 Å². The molecule has 2 N–H and O–H groups in total. The lowest BCUT2D eigenvalue weighted by molar-refractivity contribution is 0.0446. The molecule has 2 aliphatic heterocycles. The summed E-state index contributed by atoms with van der Waals surface area (Å²) in [5, 5.41) is 7.47. The van der Waals surface area contributed by atoms with Crippen molar-refractivity contribution in [2.24, 2.45) is 0 Å². The number of hydrogen-bond donors (Lipinski definition) is 2. The van der Waals surface area contributed by atoms with E-state index in [2.05, 4.69) is 66.0 Å². The van der Waals surface area contributed by atoms with Crippen LogP contribution in [0.3, 0.4) is 0 Å². The quantitative estimate of drug-likeness (QED) is 0.0815. The van der Waals surface area contributed by atoms with Gasteiger partial charge >= 0.3 is 6.16 Å². The number of benzene rings is 6. The van der Waals surface area contributed by atoms with E-state index < -0.39 is 6.16 Å². The first-order valence-electron chi connectivity index (χ1n) is 24.7. The maximum Gasteiger partial charge on any atom is 0.508 e. The van der Waals surface area contributed by atoms with Gasteiger partial charge in [-0.1, -0.05) is 97.1 Å². The van der Waals surface area contributed by atoms with E-state index in [1.807, 2.05) is 84.9 Å². The Kier molecular flexibility index (Phi) is 14.7. The number of carbonyl (C=O) groups is 1. The van der Waals surface area contributed by atoms with Gasteiger partial charge in [-0.2, -0.15) is 0 Å². The zero-order valence-corrected chi connectivity index (χ0v) is 39.5. The van der Waals surface area contributed by atoms with Crippen molar-refractivity contribution >= 4 is 40.1 Å². The molecule has 13 heteroatoms. The predicted octanol–water partition coefficient (Wildman–Crippen LogP) is 10.9. The first kappa shape index (κ1) is 46.6. The average molecular weight is 943 g/mol. The summed E-state index contributed by atoms with van der Waals surface area (Å²) in [5.41, 5.74) is 10.4. The SMILES string of the molecule is O=C(OCc1ccc(CCN2CCC(Nc3nc4ccccc4n3Cc3ccc(F)cc3)CC2)cc1)OCc1ccc(CCN2CCC(Nc3nc4ccccc4n3Cc3ccc(F)cc3)CC2)cc1. The van der Waals surface area contributed by atoms with E-state index in [4.69, 9.17) is 19.4 Å². The third kappa shape index (κ3) is 12.0. The Morgan fingerprint density at radius 2 is 0.843 bits per heavy atom. The lowest BCUT2D eigenvalue weighted by Gasteiger charge is -2.32. The summed E-state index contributed by atoms with van der Waals surface area (Å²) in [4.78, 5) is 27.4. The Morgan fingerprint density at radius 3 is 1.24 bits per heavy atom. The Balaban J connectivity index is 0.603. The molecule has 10 rings (SSSR count). The lowest BCUT2D eigenvalue weighted by atomic mass is 10.0. The van der Waals surface area contributed by atoms with Gasteiger partial charge in [0.05, 0.1) is 35.2 Å². The van der Waals surface area contributed by atoms with E-state index in [-0.39, 0.29) is 24.8 Å². The minimum absolute atomic E-state index is 0.155. The van der Waals surface area contributed by atoms with Gasteiger partial charge in [-0.15, -0.1) is 0 Å². The van der Waals surface area contributed by atoms with Crippen molar-refractivity contribution in [3.63, 3.8) is 0 Å². The van der Waals surface area contributed by atoms with E-state index in [0.717, 1.165) is 134 Å². The molecule has 0 bridgehead atoms. The predicted molar refractivity (Wildman–Crippen MR) is 272 cm³/mol. The number of likely N-dealkylation sites (tertiary alicyclic amines) is 2. The number of imidazole rings is 2. The van der Waals surface area contributed by atoms with Gasteiger partial charge in [-0.3, -0.25) is 0 Å². The Labute approximate surface area is 408 Å². The van der Waals surface area contributed by atoms with Gasteiger partial charge in [0.25, 0.3) is 0 Å². The van der Waals surface area contributed by atoms with E-state index in [9.17, 15) is 13.6 Å². The largest absolute Gasteiger partial charge is 0.508 e. The number of rotatable bonds is 18. The number of hydrogen-bond acceptors (Lipinski definition) is 9. The number of nitrogens with one attached hydrogen (secondary N) is 2. The second-order valence-electron chi connectivity index (χ2n) is 18.8. The second-order valence-corrected chi connectivity index (χ2v) is 18.8. The highest BCUT2D eigenvalue weighted by Gasteiger charge is 2.23. The standard InChI is InChI=1S/C57H60F2N8O3/c58-47-21-17-43(18-22-47)37-66-53-7-3-1-5-51(53)62-55(66)60-49-27-33-64(34-28-49)31-25-41-9-13-45(14-10-41)39-69-57(68)70-40-46-15-11-42(12-16-46)26-32-65-35-29-50(30-36-65)61-56-63-52-6-2-4-8-54(52)67(56)38-44-19-23-48(59)24-20-44/h1-24,49-50H,25-40H2,(H,60,62)(H,61,63). The van der Waals surface area contributed by atoms with Crippen molar-refractivity contribution in [3.05, 3.63) is 191 Å². The number of nitrogens with zero attached hydrogens (tertiary/aromatic N) is 6. The van der Waals surface area contributed by atoms with Gasteiger partial charge in [-0.05, 0) is 120 Å². The summed E-state index contributed by atoms with van der Waals surface area (Å²) < 4.78 is 42.5. The fraction of sp³-hybridized carbons (Fsp3) is 0.316. The van der Waals surface area contributed by atoms with Gasteiger partial charge in [0.15, 0.2) is 0 Å². The zero-order chi connectivity index (χ0) is 47.7. The smallest absolute Gasteiger partial charge is 0.429 e. The molecule has 0 aliphatic carbocycles. The molecule has 0 saturated carbocycles. The minimum atomic E-state index is -0.681. The Morgan fingerprint density at radius 1 is 0.486 bits per heavy atom. The van der Waals surface area contributed by atoms with Gasteiger partial charge in [0.1, 0.15) is 24.8 Å². The van der Waals surface area contributed by atoms with Crippen LogP contribution in [-0.4, -0.2) is 86.4 Å². The van der Waals surface area contributed by atoms with Crippen molar-refractivity contribution < 1.29 is 23.0 Å². The number of anilines is 2. The third-order valence-electron chi connectivity index (χ3n) is 13.9. The first-order valence-corrected chi connectivity index (χ1v) is 24.7. The van der Waals surface area contributed by atoms with Crippen LogP contribution in [0.25, 0.3) is 22.1 Å². The number of ether oxygens (including phenoxy) is 2. The topological polar surface area (TPSA) is 102 Å². The fourth-order valence-electron chi connectivity index (χ4n) is 9.71. The third-order valence-corrected chi connectivity index (χ3v) is 13.9. The lowest BCUT2D eigenvalue weighted by Crippen LogP contribution is -2.40. The van der Waals surface area contributed by atoms with Crippen LogP contribution in [0.4, 0.5) is 25.5 Å². The number of fused-ring (bicyclic) bond motifs is 2. The highest BCUT2D eigenvalue weighted by Crippen LogP contribution is 2.26. The van der Waals surface area contributed by atoms with Crippen LogP contribution >= 0.6 is 0 Å². The zero-order valence-electron chi connectivity index (χ0n) is 39.5. The molecule has 8 aromatic rings. The molecule has 0 radical (unpaired) electrons. The van der Waals surface area contributed by atoms with Gasteiger partial charge in [0.2, 0.25) is 11.9 Å².